The average Bonchev–Trinajstić information content (AvgIpc) is 2.13. The SMILES string of the molecule is CCOc1ccc(N)c(N)c1.[Cl][Pt][Cl]. The van der Waals surface area contributed by atoms with E-state index in [9.17, 15) is 0 Å². The van der Waals surface area contributed by atoms with Crippen molar-refractivity contribution < 1.29 is 21.2 Å². The molecule has 0 saturated heterocycles. The number of nitrogens with two attached hydrogens (primary N) is 2. The molecule has 1 rings (SSSR count). The van der Waals surface area contributed by atoms with Crippen molar-refractivity contribution in [3.8, 4) is 5.75 Å². The van der Waals surface area contributed by atoms with Gasteiger partial charge in [0.15, 0.2) is 0 Å². The van der Waals surface area contributed by atoms with Gasteiger partial charge in [0, 0.05) is 6.07 Å². The number of hydrogen-bond donors (Lipinski definition) is 2. The number of rotatable bonds is 2. The van der Waals surface area contributed by atoms with Crippen LogP contribution in [0.25, 0.3) is 0 Å². The van der Waals surface area contributed by atoms with Gasteiger partial charge in [0.1, 0.15) is 5.75 Å². The molecular formula is C8H12Cl2N2OPt. The summed E-state index contributed by atoms with van der Waals surface area (Å²) in [6.45, 7) is 2.57. The van der Waals surface area contributed by atoms with Gasteiger partial charge in [-0.1, -0.05) is 0 Å². The van der Waals surface area contributed by atoms with E-state index in [0.29, 0.717) is 18.0 Å². The van der Waals surface area contributed by atoms with Crippen molar-refractivity contribution in [3.05, 3.63) is 18.2 Å². The van der Waals surface area contributed by atoms with Crippen molar-refractivity contribution in [3.63, 3.8) is 0 Å². The van der Waals surface area contributed by atoms with Gasteiger partial charge in [0.2, 0.25) is 0 Å². The fourth-order valence-corrected chi connectivity index (χ4v) is 0.809. The van der Waals surface area contributed by atoms with Crippen LogP contribution in [0, 0.1) is 0 Å². The predicted molar refractivity (Wildman–Crippen MR) is 58.1 cm³/mol. The first-order valence-electron chi connectivity index (χ1n) is 3.75. The maximum atomic E-state index is 5.55. The van der Waals surface area contributed by atoms with E-state index < -0.39 is 16.5 Å². The summed E-state index contributed by atoms with van der Waals surface area (Å²) in [6.07, 6.45) is 0. The van der Waals surface area contributed by atoms with Gasteiger partial charge < -0.3 is 16.2 Å². The molecule has 0 amide bonds. The molecule has 1 aromatic rings. The third-order valence-electron chi connectivity index (χ3n) is 1.37. The molecule has 0 aliphatic heterocycles. The number of nitrogen functional groups attached to an aromatic ring is 2. The fourth-order valence-electron chi connectivity index (χ4n) is 0.809. The van der Waals surface area contributed by atoms with E-state index in [1.54, 1.807) is 18.2 Å². The Morgan fingerprint density at radius 1 is 1.29 bits per heavy atom. The van der Waals surface area contributed by atoms with Crippen molar-refractivity contribution >= 4 is 30.2 Å². The molecule has 0 bridgehead atoms. The van der Waals surface area contributed by atoms with Crippen molar-refractivity contribution in [1.82, 2.24) is 0 Å². The first kappa shape index (κ1) is 13.9. The summed E-state index contributed by atoms with van der Waals surface area (Å²) in [4.78, 5) is 0. The summed E-state index contributed by atoms with van der Waals surface area (Å²) in [5, 5.41) is 0. The van der Waals surface area contributed by atoms with Crippen LogP contribution in [0.15, 0.2) is 18.2 Å². The predicted octanol–water partition coefficient (Wildman–Crippen LogP) is 2.63. The monoisotopic (exact) mass is 417 g/mol. The molecule has 0 unspecified atom stereocenters. The van der Waals surface area contributed by atoms with Gasteiger partial charge in [0.05, 0.1) is 18.0 Å². The Morgan fingerprint density at radius 2 is 1.86 bits per heavy atom. The van der Waals surface area contributed by atoms with E-state index in [1.165, 1.54) is 0 Å². The molecule has 0 aliphatic rings. The van der Waals surface area contributed by atoms with Crippen molar-refractivity contribution in [2.45, 2.75) is 6.92 Å². The van der Waals surface area contributed by atoms with Gasteiger partial charge in [-0.15, -0.1) is 0 Å². The summed E-state index contributed by atoms with van der Waals surface area (Å²) < 4.78 is 5.21. The van der Waals surface area contributed by atoms with Crippen LogP contribution in [0.4, 0.5) is 11.4 Å². The summed E-state index contributed by atoms with van der Waals surface area (Å²) in [6, 6.07) is 5.26. The van der Waals surface area contributed by atoms with Crippen molar-refractivity contribution in [2.24, 2.45) is 0 Å². The molecule has 1 aromatic carbocycles. The average molecular weight is 418 g/mol. The van der Waals surface area contributed by atoms with Crippen LogP contribution in [0.5, 0.6) is 5.75 Å². The van der Waals surface area contributed by atoms with Crippen LogP contribution in [0.1, 0.15) is 6.92 Å². The second kappa shape index (κ2) is 8.22. The normalized spacial score (nSPS) is 9.07. The van der Waals surface area contributed by atoms with Gasteiger partial charge in [-0.05, 0) is 19.1 Å². The minimum atomic E-state index is -0.472. The standard InChI is InChI=1S/C8H12N2O.2ClH.Pt/c1-2-11-6-3-4-7(9)8(10)5-6;;;/h3-5H,2,9-10H2,1H3;2*1H;/q;;;+2/p-2. The van der Waals surface area contributed by atoms with Gasteiger partial charge in [0.25, 0.3) is 0 Å². The Hall–Kier alpha value is -0.112. The quantitative estimate of drug-likeness (QED) is 0.727. The molecule has 4 N–H and O–H groups in total. The van der Waals surface area contributed by atoms with Crippen LogP contribution < -0.4 is 16.2 Å². The van der Waals surface area contributed by atoms with Crippen LogP contribution in [-0.2, 0) is 16.5 Å². The number of halogens is 2. The van der Waals surface area contributed by atoms with Crippen molar-refractivity contribution in [1.29, 1.82) is 0 Å². The summed E-state index contributed by atoms with van der Waals surface area (Å²) >= 11 is -0.472. The molecule has 14 heavy (non-hydrogen) atoms. The van der Waals surface area contributed by atoms with E-state index in [1.807, 2.05) is 6.92 Å². The molecule has 3 nitrogen and oxygen atoms in total. The van der Waals surface area contributed by atoms with Crippen LogP contribution in [-0.4, -0.2) is 6.61 Å². The molecular weight excluding hydrogens is 406 g/mol. The van der Waals surface area contributed by atoms with Crippen LogP contribution >= 0.6 is 18.8 Å². The molecule has 0 spiro atoms. The Bertz CT molecular complexity index is 274. The zero-order valence-electron chi connectivity index (χ0n) is 7.57. The van der Waals surface area contributed by atoms with Crippen molar-refractivity contribution in [2.75, 3.05) is 18.1 Å². The topological polar surface area (TPSA) is 61.3 Å². The molecule has 0 aromatic heterocycles. The maximum absolute atomic E-state index is 5.55. The summed E-state index contributed by atoms with van der Waals surface area (Å²) in [5.41, 5.74) is 12.2. The Labute approximate surface area is 100 Å². The van der Waals surface area contributed by atoms with E-state index in [4.69, 9.17) is 35.0 Å². The molecule has 0 saturated carbocycles. The Kier molecular flexibility index (Phi) is 8.15. The second-order valence-electron chi connectivity index (χ2n) is 2.27. The minimum absolute atomic E-state index is 0.472. The Balaban J connectivity index is 0.000000500. The van der Waals surface area contributed by atoms with E-state index in [-0.39, 0.29) is 0 Å². The van der Waals surface area contributed by atoms with Gasteiger partial charge in [-0.25, -0.2) is 0 Å². The zero-order chi connectivity index (χ0) is 11.0. The van der Waals surface area contributed by atoms with E-state index >= 15 is 0 Å². The third kappa shape index (κ3) is 5.58. The zero-order valence-corrected chi connectivity index (χ0v) is 11.4. The number of hydrogen-bond acceptors (Lipinski definition) is 3. The number of ether oxygens (including phenoxy) is 1. The molecule has 6 heteroatoms. The summed E-state index contributed by atoms with van der Waals surface area (Å²) in [5.74, 6) is 0.763. The van der Waals surface area contributed by atoms with E-state index in [2.05, 4.69) is 0 Å². The van der Waals surface area contributed by atoms with Gasteiger partial charge >= 0.3 is 35.3 Å². The molecule has 0 aliphatic carbocycles. The van der Waals surface area contributed by atoms with E-state index in [0.717, 1.165) is 5.75 Å². The molecule has 0 heterocycles. The fraction of sp³-hybridized carbons (Fsp3) is 0.250. The third-order valence-corrected chi connectivity index (χ3v) is 1.37. The molecule has 0 fully saturated rings. The first-order valence-corrected chi connectivity index (χ1v) is 9.39. The molecule has 0 atom stereocenters. The number of benzene rings is 1. The van der Waals surface area contributed by atoms with Crippen LogP contribution in [0.2, 0.25) is 0 Å². The molecule has 84 valence electrons. The van der Waals surface area contributed by atoms with Gasteiger partial charge in [-0.3, -0.25) is 0 Å². The Morgan fingerprint density at radius 3 is 2.29 bits per heavy atom. The number of anilines is 2. The first-order chi connectivity index (χ1) is 6.65. The summed E-state index contributed by atoms with van der Waals surface area (Å²) in [7, 11) is 9.75. The van der Waals surface area contributed by atoms with Gasteiger partial charge in [-0.2, -0.15) is 0 Å². The molecule has 0 radical (unpaired) electrons. The van der Waals surface area contributed by atoms with Crippen LogP contribution in [0.3, 0.4) is 0 Å². The second-order valence-corrected chi connectivity index (χ2v) is 5.55.